The van der Waals surface area contributed by atoms with Crippen LogP contribution in [0.25, 0.3) is 4.96 Å². The molecule has 0 aliphatic rings. The van der Waals surface area contributed by atoms with Crippen molar-refractivity contribution in [1.82, 2.24) is 19.8 Å². The molecular formula is C12H21N5S. The second-order valence-corrected chi connectivity index (χ2v) is 7.49. The lowest BCUT2D eigenvalue weighted by Gasteiger charge is -2.16. The maximum Gasteiger partial charge on any atom is 0.234 e. The average Bonchev–Trinajstić information content (AvgIpc) is 2.68. The summed E-state index contributed by atoms with van der Waals surface area (Å²) in [6, 6.07) is 0. The molecule has 0 amide bonds. The molecule has 0 saturated carbocycles. The van der Waals surface area contributed by atoms with Gasteiger partial charge in [-0.2, -0.15) is 9.61 Å². The van der Waals surface area contributed by atoms with Crippen molar-refractivity contribution in [3.8, 4) is 0 Å². The van der Waals surface area contributed by atoms with Crippen LogP contribution in [-0.4, -0.2) is 25.4 Å². The van der Waals surface area contributed by atoms with Crippen LogP contribution in [0.2, 0.25) is 0 Å². The van der Waals surface area contributed by atoms with E-state index < -0.39 is 0 Å². The van der Waals surface area contributed by atoms with Crippen LogP contribution in [0.4, 0.5) is 0 Å². The van der Waals surface area contributed by atoms with Crippen LogP contribution in [0.5, 0.6) is 0 Å². The van der Waals surface area contributed by atoms with E-state index in [-0.39, 0.29) is 11.0 Å². The molecule has 18 heavy (non-hydrogen) atoms. The standard InChI is InChI=1S/C12H21N5S/c1-11(2,3)9-14-15-10-17(9)16-8(18-10)6-7-12(4,5)13/h6-7,13H2,1-5H3. The highest BCUT2D eigenvalue weighted by Crippen LogP contribution is 2.24. The Balaban J connectivity index is 2.26. The highest BCUT2D eigenvalue weighted by molar-refractivity contribution is 7.16. The van der Waals surface area contributed by atoms with Gasteiger partial charge in [0.15, 0.2) is 5.82 Å². The molecule has 2 aromatic heterocycles. The minimum absolute atomic E-state index is 0.0438. The molecule has 2 aromatic rings. The molecule has 0 unspecified atom stereocenters. The van der Waals surface area contributed by atoms with Gasteiger partial charge in [-0.25, -0.2) is 0 Å². The number of hydrogen-bond acceptors (Lipinski definition) is 5. The lowest BCUT2D eigenvalue weighted by Crippen LogP contribution is -2.32. The van der Waals surface area contributed by atoms with Crippen LogP contribution in [0.3, 0.4) is 0 Å². The first-order chi connectivity index (χ1) is 8.17. The lowest BCUT2D eigenvalue weighted by molar-refractivity contribution is 0.473. The highest BCUT2D eigenvalue weighted by atomic mass is 32.1. The number of nitrogens with two attached hydrogens (primary N) is 1. The molecule has 0 bridgehead atoms. The third-order valence-corrected chi connectivity index (χ3v) is 3.65. The third-order valence-electron chi connectivity index (χ3n) is 2.69. The molecule has 0 saturated heterocycles. The van der Waals surface area contributed by atoms with E-state index in [0.29, 0.717) is 0 Å². The molecule has 0 aromatic carbocycles. The van der Waals surface area contributed by atoms with Gasteiger partial charge in [0, 0.05) is 17.4 Å². The van der Waals surface area contributed by atoms with Gasteiger partial charge in [0.05, 0.1) is 0 Å². The van der Waals surface area contributed by atoms with Gasteiger partial charge in [-0.05, 0) is 20.3 Å². The minimum atomic E-state index is -0.154. The zero-order valence-electron chi connectivity index (χ0n) is 11.7. The van der Waals surface area contributed by atoms with E-state index in [4.69, 9.17) is 5.73 Å². The Labute approximate surface area is 111 Å². The predicted molar refractivity (Wildman–Crippen MR) is 73.9 cm³/mol. The first kappa shape index (κ1) is 13.4. The third kappa shape index (κ3) is 2.87. The number of fused-ring (bicyclic) bond motifs is 1. The molecule has 6 heteroatoms. The number of hydrogen-bond donors (Lipinski definition) is 1. The highest BCUT2D eigenvalue weighted by Gasteiger charge is 2.23. The van der Waals surface area contributed by atoms with E-state index >= 15 is 0 Å². The van der Waals surface area contributed by atoms with Crippen molar-refractivity contribution in [2.45, 2.75) is 58.4 Å². The van der Waals surface area contributed by atoms with E-state index in [2.05, 4.69) is 36.1 Å². The average molecular weight is 267 g/mol. The van der Waals surface area contributed by atoms with Crippen molar-refractivity contribution in [3.05, 3.63) is 10.8 Å². The zero-order valence-corrected chi connectivity index (χ0v) is 12.5. The Hall–Kier alpha value is -1.01. The molecular weight excluding hydrogens is 246 g/mol. The monoisotopic (exact) mass is 267 g/mol. The topological polar surface area (TPSA) is 69.1 Å². The van der Waals surface area contributed by atoms with Crippen molar-refractivity contribution in [3.63, 3.8) is 0 Å². The smallest absolute Gasteiger partial charge is 0.234 e. The van der Waals surface area contributed by atoms with Gasteiger partial charge >= 0.3 is 0 Å². The number of aryl methyl sites for hydroxylation is 1. The number of aromatic nitrogens is 4. The van der Waals surface area contributed by atoms with Gasteiger partial charge in [0.2, 0.25) is 4.96 Å². The molecule has 100 valence electrons. The molecule has 2 N–H and O–H groups in total. The summed E-state index contributed by atoms with van der Waals surface area (Å²) in [6.45, 7) is 10.4. The van der Waals surface area contributed by atoms with Crippen LogP contribution in [0, 0.1) is 0 Å². The van der Waals surface area contributed by atoms with E-state index in [0.717, 1.165) is 28.6 Å². The quantitative estimate of drug-likeness (QED) is 0.925. The second kappa shape index (κ2) is 4.28. The van der Waals surface area contributed by atoms with Crippen LogP contribution in [0.15, 0.2) is 0 Å². The summed E-state index contributed by atoms with van der Waals surface area (Å²) in [6.07, 6.45) is 1.81. The molecule has 0 fully saturated rings. The summed E-state index contributed by atoms with van der Waals surface area (Å²) in [4.78, 5) is 0.866. The first-order valence-electron chi connectivity index (χ1n) is 6.17. The van der Waals surface area contributed by atoms with E-state index in [1.807, 2.05) is 18.4 Å². The maximum atomic E-state index is 5.99. The van der Waals surface area contributed by atoms with Crippen molar-refractivity contribution >= 4 is 16.3 Å². The summed E-state index contributed by atoms with van der Waals surface area (Å²) in [5.41, 5.74) is 5.80. The molecule has 0 radical (unpaired) electrons. The van der Waals surface area contributed by atoms with Gasteiger partial charge in [-0.1, -0.05) is 32.1 Å². The Morgan fingerprint density at radius 3 is 2.39 bits per heavy atom. The molecule has 0 spiro atoms. The van der Waals surface area contributed by atoms with E-state index in [1.54, 1.807) is 11.3 Å². The summed E-state index contributed by atoms with van der Waals surface area (Å²) in [7, 11) is 0. The van der Waals surface area contributed by atoms with Crippen molar-refractivity contribution in [2.24, 2.45) is 5.73 Å². The van der Waals surface area contributed by atoms with Gasteiger partial charge in [-0.3, -0.25) is 0 Å². The zero-order chi connectivity index (χ0) is 13.6. The lowest BCUT2D eigenvalue weighted by atomic mass is 9.96. The fraction of sp³-hybridized carbons (Fsp3) is 0.750. The molecule has 0 aliphatic carbocycles. The summed E-state index contributed by atoms with van der Waals surface area (Å²) >= 11 is 1.60. The van der Waals surface area contributed by atoms with Crippen LogP contribution < -0.4 is 5.73 Å². The normalized spacial score (nSPS) is 13.4. The molecule has 0 aliphatic heterocycles. The Morgan fingerprint density at radius 1 is 1.17 bits per heavy atom. The maximum absolute atomic E-state index is 5.99. The van der Waals surface area contributed by atoms with E-state index in [9.17, 15) is 0 Å². The van der Waals surface area contributed by atoms with Crippen molar-refractivity contribution in [2.75, 3.05) is 0 Å². The summed E-state index contributed by atoms with van der Waals surface area (Å²) < 4.78 is 1.86. The fourth-order valence-electron chi connectivity index (χ4n) is 1.65. The van der Waals surface area contributed by atoms with Gasteiger partial charge in [0.25, 0.3) is 0 Å². The Kier molecular flexibility index (Phi) is 3.19. The van der Waals surface area contributed by atoms with Gasteiger partial charge in [0.1, 0.15) is 5.01 Å². The molecule has 2 rings (SSSR count). The van der Waals surface area contributed by atoms with Gasteiger partial charge < -0.3 is 5.73 Å². The van der Waals surface area contributed by atoms with Crippen LogP contribution in [0.1, 0.15) is 51.9 Å². The predicted octanol–water partition coefficient (Wildman–Crippen LogP) is 2.15. The Bertz CT molecular complexity index is 541. The van der Waals surface area contributed by atoms with E-state index in [1.165, 1.54) is 0 Å². The summed E-state index contributed by atoms with van der Waals surface area (Å²) in [5.74, 6) is 0.909. The largest absolute Gasteiger partial charge is 0.326 e. The van der Waals surface area contributed by atoms with Crippen LogP contribution >= 0.6 is 11.3 Å². The van der Waals surface area contributed by atoms with Crippen LogP contribution in [-0.2, 0) is 11.8 Å². The van der Waals surface area contributed by atoms with Crippen molar-refractivity contribution in [1.29, 1.82) is 0 Å². The molecule has 0 atom stereocenters. The van der Waals surface area contributed by atoms with Gasteiger partial charge in [-0.15, -0.1) is 10.2 Å². The summed E-state index contributed by atoms with van der Waals surface area (Å²) in [5, 5.41) is 14.1. The minimum Gasteiger partial charge on any atom is -0.326 e. The second-order valence-electron chi connectivity index (χ2n) is 6.45. The fourth-order valence-corrected chi connectivity index (χ4v) is 2.49. The molecule has 2 heterocycles. The SMILES string of the molecule is CC(C)(N)CCc1nn2c(C(C)(C)C)nnc2s1. The number of nitrogens with zero attached hydrogens (tertiary/aromatic N) is 4. The Morgan fingerprint density at radius 2 is 1.83 bits per heavy atom. The molecule has 5 nitrogen and oxygen atoms in total. The number of rotatable bonds is 3. The van der Waals surface area contributed by atoms with Crippen molar-refractivity contribution < 1.29 is 0 Å². The first-order valence-corrected chi connectivity index (χ1v) is 6.99.